The van der Waals surface area contributed by atoms with Gasteiger partial charge < -0.3 is 10.6 Å². The SMILES string of the molecule is CCC1(C(=O)Nc2cc([N+](=O)[O-])ccc2Cl)CCCN1. The van der Waals surface area contributed by atoms with E-state index in [1.165, 1.54) is 18.2 Å². The van der Waals surface area contributed by atoms with Crippen molar-refractivity contribution in [3.63, 3.8) is 0 Å². The highest BCUT2D eigenvalue weighted by molar-refractivity contribution is 6.33. The van der Waals surface area contributed by atoms with Gasteiger partial charge >= 0.3 is 0 Å². The Balaban J connectivity index is 2.23. The van der Waals surface area contributed by atoms with Gasteiger partial charge in [0.05, 0.1) is 21.2 Å². The largest absolute Gasteiger partial charge is 0.323 e. The van der Waals surface area contributed by atoms with Crippen molar-refractivity contribution >= 4 is 28.9 Å². The number of hydrogen-bond acceptors (Lipinski definition) is 4. The second-order valence-corrected chi connectivity index (χ2v) is 5.25. The van der Waals surface area contributed by atoms with Crippen molar-refractivity contribution < 1.29 is 9.72 Å². The molecule has 1 atom stereocenters. The van der Waals surface area contributed by atoms with Gasteiger partial charge in [-0.3, -0.25) is 14.9 Å². The fourth-order valence-corrected chi connectivity index (χ4v) is 2.59. The smallest absolute Gasteiger partial charge is 0.271 e. The lowest BCUT2D eigenvalue weighted by atomic mass is 9.93. The van der Waals surface area contributed by atoms with Crippen molar-refractivity contribution in [3.8, 4) is 0 Å². The van der Waals surface area contributed by atoms with E-state index in [0.717, 1.165) is 19.4 Å². The molecule has 1 saturated heterocycles. The Kier molecular flexibility index (Phi) is 4.25. The Bertz CT molecular complexity index is 542. The second kappa shape index (κ2) is 5.76. The standard InChI is InChI=1S/C13H16ClN3O3/c1-2-13(6-3-7-15-13)12(18)16-11-8-9(17(19)20)4-5-10(11)14/h4-5,8,15H,2-3,6-7H2,1H3,(H,16,18). The fourth-order valence-electron chi connectivity index (χ4n) is 2.43. The molecule has 1 aliphatic rings. The molecular formula is C13H16ClN3O3. The van der Waals surface area contributed by atoms with Crippen LogP contribution in [-0.4, -0.2) is 22.9 Å². The molecule has 1 aliphatic heterocycles. The monoisotopic (exact) mass is 297 g/mol. The summed E-state index contributed by atoms with van der Waals surface area (Å²) in [6.45, 7) is 2.73. The van der Waals surface area contributed by atoms with E-state index in [1.54, 1.807) is 0 Å². The van der Waals surface area contributed by atoms with Crippen LogP contribution in [0, 0.1) is 10.1 Å². The van der Waals surface area contributed by atoms with Crippen molar-refractivity contribution in [3.05, 3.63) is 33.3 Å². The molecule has 1 aromatic rings. The first-order valence-corrected chi connectivity index (χ1v) is 6.87. The number of nitrogens with zero attached hydrogens (tertiary/aromatic N) is 1. The molecule has 108 valence electrons. The van der Waals surface area contributed by atoms with Crippen LogP contribution in [0.25, 0.3) is 0 Å². The third-order valence-corrected chi connectivity index (χ3v) is 4.02. The van der Waals surface area contributed by atoms with E-state index in [9.17, 15) is 14.9 Å². The van der Waals surface area contributed by atoms with Crippen LogP contribution in [0.15, 0.2) is 18.2 Å². The molecule has 0 bridgehead atoms. The third-order valence-electron chi connectivity index (χ3n) is 3.69. The first-order chi connectivity index (χ1) is 9.48. The van der Waals surface area contributed by atoms with Gasteiger partial charge in [0.1, 0.15) is 0 Å². The first-order valence-electron chi connectivity index (χ1n) is 6.49. The number of rotatable bonds is 4. The molecule has 1 aromatic carbocycles. The molecule has 2 N–H and O–H groups in total. The molecule has 7 heteroatoms. The Hall–Kier alpha value is -1.66. The molecular weight excluding hydrogens is 282 g/mol. The van der Waals surface area contributed by atoms with Crippen molar-refractivity contribution in [2.24, 2.45) is 0 Å². The Morgan fingerprint density at radius 1 is 1.60 bits per heavy atom. The molecule has 0 aliphatic carbocycles. The zero-order valence-electron chi connectivity index (χ0n) is 11.1. The highest BCUT2D eigenvalue weighted by Crippen LogP contribution is 2.30. The summed E-state index contributed by atoms with van der Waals surface area (Å²) in [5.74, 6) is -0.195. The fraction of sp³-hybridized carbons (Fsp3) is 0.462. The highest BCUT2D eigenvalue weighted by Gasteiger charge is 2.39. The van der Waals surface area contributed by atoms with Crippen molar-refractivity contribution in [1.82, 2.24) is 5.32 Å². The van der Waals surface area contributed by atoms with Gasteiger partial charge in [-0.25, -0.2) is 0 Å². The summed E-state index contributed by atoms with van der Waals surface area (Å²) >= 11 is 5.98. The molecule has 1 unspecified atom stereocenters. The summed E-state index contributed by atoms with van der Waals surface area (Å²) in [5, 5.41) is 17.0. The minimum absolute atomic E-state index is 0.102. The van der Waals surface area contributed by atoms with Crippen molar-refractivity contribution in [2.45, 2.75) is 31.7 Å². The van der Waals surface area contributed by atoms with Crippen molar-refractivity contribution in [1.29, 1.82) is 0 Å². The van der Waals surface area contributed by atoms with E-state index >= 15 is 0 Å². The molecule has 1 heterocycles. The first kappa shape index (κ1) is 14.7. The van der Waals surface area contributed by atoms with E-state index in [-0.39, 0.29) is 22.3 Å². The van der Waals surface area contributed by atoms with E-state index in [0.29, 0.717) is 6.42 Å². The molecule has 6 nitrogen and oxygen atoms in total. The highest BCUT2D eigenvalue weighted by atomic mass is 35.5. The number of benzene rings is 1. The van der Waals surface area contributed by atoms with Crippen molar-refractivity contribution in [2.75, 3.05) is 11.9 Å². The van der Waals surface area contributed by atoms with Gasteiger partial charge in [0.2, 0.25) is 5.91 Å². The Morgan fingerprint density at radius 3 is 2.90 bits per heavy atom. The molecule has 2 rings (SSSR count). The summed E-state index contributed by atoms with van der Waals surface area (Å²) < 4.78 is 0. The number of non-ortho nitro benzene ring substituents is 1. The number of nitro benzene ring substituents is 1. The van der Waals surface area contributed by atoms with Gasteiger partial charge in [-0.1, -0.05) is 18.5 Å². The number of nitrogens with one attached hydrogen (secondary N) is 2. The van der Waals surface area contributed by atoms with Gasteiger partial charge in [-0.05, 0) is 31.9 Å². The zero-order valence-corrected chi connectivity index (χ0v) is 11.9. The summed E-state index contributed by atoms with van der Waals surface area (Å²) in [6.07, 6.45) is 2.34. The van der Waals surface area contributed by atoms with Gasteiger partial charge in [-0.15, -0.1) is 0 Å². The molecule has 0 aromatic heterocycles. The lowest BCUT2D eigenvalue weighted by molar-refractivity contribution is -0.384. The van der Waals surface area contributed by atoms with E-state index in [4.69, 9.17) is 11.6 Å². The van der Waals surface area contributed by atoms with Crippen LogP contribution in [0.4, 0.5) is 11.4 Å². The number of amides is 1. The topological polar surface area (TPSA) is 84.3 Å². The van der Waals surface area contributed by atoms with Crippen LogP contribution < -0.4 is 10.6 Å². The molecule has 1 amide bonds. The molecule has 0 spiro atoms. The van der Waals surface area contributed by atoms with Crippen LogP contribution >= 0.6 is 11.6 Å². The molecule has 0 saturated carbocycles. The quantitative estimate of drug-likeness (QED) is 0.661. The van der Waals surface area contributed by atoms with Crippen LogP contribution in [0.2, 0.25) is 5.02 Å². The van der Waals surface area contributed by atoms with Gasteiger partial charge in [-0.2, -0.15) is 0 Å². The average molecular weight is 298 g/mol. The number of anilines is 1. The van der Waals surface area contributed by atoms with Gasteiger partial charge in [0, 0.05) is 12.1 Å². The number of nitro groups is 1. The van der Waals surface area contributed by atoms with E-state index < -0.39 is 10.5 Å². The maximum atomic E-state index is 12.4. The lowest BCUT2D eigenvalue weighted by Crippen LogP contribution is -2.50. The molecule has 0 radical (unpaired) electrons. The summed E-state index contributed by atoms with van der Waals surface area (Å²) in [4.78, 5) is 22.6. The summed E-state index contributed by atoms with van der Waals surface area (Å²) in [5.41, 5.74) is -0.435. The van der Waals surface area contributed by atoms with Crippen LogP contribution in [0.1, 0.15) is 26.2 Å². The molecule has 1 fully saturated rings. The average Bonchev–Trinajstić information content (AvgIpc) is 2.91. The predicted octanol–water partition coefficient (Wildman–Crippen LogP) is 2.72. The van der Waals surface area contributed by atoms with Crippen LogP contribution in [-0.2, 0) is 4.79 Å². The molecule has 20 heavy (non-hydrogen) atoms. The zero-order chi connectivity index (χ0) is 14.8. The summed E-state index contributed by atoms with van der Waals surface area (Å²) in [7, 11) is 0. The minimum Gasteiger partial charge on any atom is -0.323 e. The summed E-state index contributed by atoms with van der Waals surface area (Å²) in [6, 6.07) is 4.00. The third kappa shape index (κ3) is 2.76. The minimum atomic E-state index is -0.603. The Morgan fingerprint density at radius 2 is 2.35 bits per heavy atom. The van der Waals surface area contributed by atoms with Gasteiger partial charge in [0.25, 0.3) is 5.69 Å². The lowest BCUT2D eigenvalue weighted by Gasteiger charge is -2.26. The predicted molar refractivity (Wildman–Crippen MR) is 77.0 cm³/mol. The number of carbonyl (C=O) groups excluding carboxylic acids is 1. The number of halogens is 1. The van der Waals surface area contributed by atoms with E-state index in [2.05, 4.69) is 10.6 Å². The number of carbonyl (C=O) groups is 1. The van der Waals surface area contributed by atoms with Crippen LogP contribution in [0.3, 0.4) is 0 Å². The number of hydrogen-bond donors (Lipinski definition) is 2. The van der Waals surface area contributed by atoms with Gasteiger partial charge in [0.15, 0.2) is 0 Å². The maximum Gasteiger partial charge on any atom is 0.271 e. The second-order valence-electron chi connectivity index (χ2n) is 4.84. The van der Waals surface area contributed by atoms with E-state index in [1.807, 2.05) is 6.92 Å². The van der Waals surface area contributed by atoms with Crippen LogP contribution in [0.5, 0.6) is 0 Å². The normalized spacial score (nSPS) is 21.7. The maximum absolute atomic E-state index is 12.4. The Labute approximate surface area is 121 Å².